The Morgan fingerprint density at radius 2 is 1.74 bits per heavy atom. The lowest BCUT2D eigenvalue weighted by molar-refractivity contribution is -0.114. The maximum absolute atomic E-state index is 14.3. The number of piperazine rings is 1. The molecule has 9 heteroatoms. The Morgan fingerprint density at radius 1 is 1.00 bits per heavy atom. The summed E-state index contributed by atoms with van der Waals surface area (Å²) in [6, 6.07) is 15.5. The van der Waals surface area contributed by atoms with Gasteiger partial charge in [0.05, 0.1) is 17.1 Å². The number of para-hydroxylation sites is 1. The summed E-state index contributed by atoms with van der Waals surface area (Å²) in [5.74, 6) is -0.178. The van der Waals surface area contributed by atoms with Crippen molar-refractivity contribution in [1.82, 2.24) is 19.4 Å². The number of likely N-dealkylation sites (N-methyl/N-ethyl adjacent to an activating group) is 1. The van der Waals surface area contributed by atoms with Crippen LogP contribution in [0.5, 0.6) is 0 Å². The molecule has 1 fully saturated rings. The SMILES string of the molecule is [2H]c1ncc2cc(N3CCN(C(=O)C=C)c4c(C)cccc43)c(=O)n(-c3ccc(N4CCN(C)CC4)cc3)c2n1. The first kappa shape index (κ1) is 23.6. The van der Waals surface area contributed by atoms with Gasteiger partial charge < -0.3 is 19.6 Å². The molecular formula is C30H31N7O2. The molecule has 0 bridgehead atoms. The molecule has 2 aliphatic heterocycles. The van der Waals surface area contributed by atoms with Gasteiger partial charge in [-0.1, -0.05) is 18.7 Å². The number of amides is 1. The number of hydrogen-bond donors (Lipinski definition) is 0. The van der Waals surface area contributed by atoms with Crippen LogP contribution in [0.4, 0.5) is 22.7 Å². The molecule has 0 aliphatic carbocycles. The molecular weight excluding hydrogens is 490 g/mol. The Labute approximate surface area is 228 Å². The van der Waals surface area contributed by atoms with Gasteiger partial charge in [0.25, 0.3) is 11.5 Å². The number of carbonyl (C=O) groups is 1. The fourth-order valence-electron chi connectivity index (χ4n) is 5.53. The molecule has 6 rings (SSSR count). The first-order chi connectivity index (χ1) is 19.4. The number of aromatic nitrogens is 3. The zero-order valence-corrected chi connectivity index (χ0v) is 22.2. The summed E-state index contributed by atoms with van der Waals surface area (Å²) in [6.45, 7) is 10.4. The molecule has 9 nitrogen and oxygen atoms in total. The number of nitrogens with zero attached hydrogens (tertiary/aromatic N) is 7. The number of benzene rings is 2. The standard InChI is InChI=1S/C30H31N7O2/c1-4-27(38)36-17-16-35(25-7-5-6-21(2)28(25)36)26-18-22-19-31-20-32-29(22)37(30(26)39)24-10-8-23(9-11-24)34-14-12-33(3)13-15-34/h4-11,18-20H,1,12-17H2,2-3H3/i20D. The van der Waals surface area contributed by atoms with Crippen LogP contribution in [0.15, 0.2) is 78.5 Å². The lowest BCUT2D eigenvalue weighted by Gasteiger charge is -2.38. The molecule has 1 saturated heterocycles. The topological polar surface area (TPSA) is 77.8 Å². The van der Waals surface area contributed by atoms with Gasteiger partial charge in [-0.3, -0.25) is 14.2 Å². The minimum absolute atomic E-state index is 0.153. The van der Waals surface area contributed by atoms with E-state index in [0.717, 1.165) is 48.8 Å². The second-order valence-corrected chi connectivity index (χ2v) is 10.0. The van der Waals surface area contributed by atoms with Crippen molar-refractivity contribution in [3.8, 4) is 5.69 Å². The number of fused-ring (bicyclic) bond motifs is 2. The molecule has 0 unspecified atom stereocenters. The number of rotatable bonds is 4. The normalized spacial score (nSPS) is 16.3. The largest absolute Gasteiger partial charge is 0.369 e. The third-order valence-corrected chi connectivity index (χ3v) is 7.63. The average Bonchev–Trinajstić information content (AvgIpc) is 2.97. The molecule has 4 aromatic rings. The third kappa shape index (κ3) is 4.34. The highest BCUT2D eigenvalue weighted by molar-refractivity contribution is 6.05. The van der Waals surface area contributed by atoms with Gasteiger partial charge in [0.1, 0.15) is 13.4 Å². The van der Waals surface area contributed by atoms with Gasteiger partial charge >= 0.3 is 0 Å². The molecule has 0 atom stereocenters. The second kappa shape index (κ2) is 9.99. The molecule has 0 saturated carbocycles. The molecule has 2 aromatic heterocycles. The van der Waals surface area contributed by atoms with Crippen molar-refractivity contribution in [3.63, 3.8) is 0 Å². The fraction of sp³-hybridized carbons (Fsp3) is 0.267. The molecule has 198 valence electrons. The van der Waals surface area contributed by atoms with Gasteiger partial charge in [-0.05, 0) is 62.0 Å². The van der Waals surface area contributed by atoms with E-state index in [4.69, 9.17) is 1.37 Å². The van der Waals surface area contributed by atoms with E-state index < -0.39 is 0 Å². The number of aryl methyl sites for hydroxylation is 1. The van der Waals surface area contributed by atoms with Crippen LogP contribution in [0.3, 0.4) is 0 Å². The van der Waals surface area contributed by atoms with Crippen molar-refractivity contribution < 1.29 is 6.17 Å². The van der Waals surface area contributed by atoms with Crippen LogP contribution in [-0.2, 0) is 4.79 Å². The minimum atomic E-state index is -0.256. The molecule has 2 aromatic carbocycles. The van der Waals surface area contributed by atoms with Gasteiger partial charge in [0, 0.05) is 56.5 Å². The van der Waals surface area contributed by atoms with Crippen LogP contribution < -0.4 is 20.3 Å². The Balaban J connectivity index is 1.49. The molecule has 1 amide bonds. The van der Waals surface area contributed by atoms with Crippen molar-refractivity contribution in [2.45, 2.75) is 6.92 Å². The number of anilines is 4. The van der Waals surface area contributed by atoms with Crippen molar-refractivity contribution in [3.05, 3.63) is 89.6 Å². The number of pyridine rings is 1. The van der Waals surface area contributed by atoms with E-state index >= 15 is 0 Å². The van der Waals surface area contributed by atoms with E-state index in [1.54, 1.807) is 21.7 Å². The molecule has 4 heterocycles. The molecule has 0 spiro atoms. The Kier molecular flexibility index (Phi) is 6.05. The molecule has 2 aliphatic rings. The predicted octanol–water partition coefficient (Wildman–Crippen LogP) is 3.51. The second-order valence-electron chi connectivity index (χ2n) is 10.0. The van der Waals surface area contributed by atoms with E-state index in [2.05, 4.69) is 33.4 Å². The van der Waals surface area contributed by atoms with Crippen LogP contribution in [-0.4, -0.2) is 71.7 Å². The van der Waals surface area contributed by atoms with Gasteiger partial charge in [0.2, 0.25) is 0 Å². The van der Waals surface area contributed by atoms with Gasteiger partial charge in [0.15, 0.2) is 5.65 Å². The predicted molar refractivity (Wildman–Crippen MR) is 156 cm³/mol. The summed E-state index contributed by atoms with van der Waals surface area (Å²) in [6.07, 6.45) is 2.74. The highest BCUT2D eigenvalue weighted by atomic mass is 16.2. The highest BCUT2D eigenvalue weighted by Crippen LogP contribution is 2.39. The maximum atomic E-state index is 14.3. The van der Waals surface area contributed by atoms with Crippen LogP contribution in [0.25, 0.3) is 16.7 Å². The Bertz CT molecular complexity index is 1680. The highest BCUT2D eigenvalue weighted by Gasteiger charge is 2.30. The van der Waals surface area contributed by atoms with Crippen LogP contribution >= 0.6 is 0 Å². The lowest BCUT2D eigenvalue weighted by Crippen LogP contribution is -2.44. The van der Waals surface area contributed by atoms with Gasteiger partial charge in [-0.2, -0.15) is 0 Å². The fourth-order valence-corrected chi connectivity index (χ4v) is 5.53. The zero-order chi connectivity index (χ0) is 28.0. The Hall–Kier alpha value is -4.50. The van der Waals surface area contributed by atoms with E-state index in [9.17, 15) is 9.59 Å². The summed E-state index contributed by atoms with van der Waals surface area (Å²) in [5.41, 5.74) is 4.81. The minimum Gasteiger partial charge on any atom is -0.369 e. The lowest BCUT2D eigenvalue weighted by atomic mass is 10.1. The molecule has 39 heavy (non-hydrogen) atoms. The van der Waals surface area contributed by atoms with Crippen LogP contribution in [0.1, 0.15) is 6.93 Å². The first-order valence-corrected chi connectivity index (χ1v) is 13.1. The van der Waals surface area contributed by atoms with E-state index in [-0.39, 0.29) is 17.8 Å². The van der Waals surface area contributed by atoms with E-state index in [1.807, 2.05) is 54.3 Å². The van der Waals surface area contributed by atoms with E-state index in [1.165, 1.54) is 6.08 Å². The quantitative estimate of drug-likeness (QED) is 0.380. The number of hydrogen-bond acceptors (Lipinski definition) is 7. The zero-order valence-electron chi connectivity index (χ0n) is 23.2. The first-order valence-electron chi connectivity index (χ1n) is 13.6. The van der Waals surface area contributed by atoms with E-state index in [0.29, 0.717) is 35.5 Å². The van der Waals surface area contributed by atoms with Gasteiger partial charge in [-0.25, -0.2) is 9.97 Å². The summed E-state index contributed by atoms with van der Waals surface area (Å²) in [5, 5.41) is 0.646. The monoisotopic (exact) mass is 522 g/mol. The van der Waals surface area contributed by atoms with Gasteiger partial charge in [-0.15, -0.1) is 0 Å². The summed E-state index contributed by atoms with van der Waals surface area (Å²) >= 11 is 0. The third-order valence-electron chi connectivity index (χ3n) is 7.63. The van der Waals surface area contributed by atoms with Crippen molar-refractivity contribution >= 4 is 39.7 Å². The summed E-state index contributed by atoms with van der Waals surface area (Å²) in [7, 11) is 2.13. The summed E-state index contributed by atoms with van der Waals surface area (Å²) in [4.78, 5) is 43.7. The van der Waals surface area contributed by atoms with Crippen LogP contribution in [0.2, 0.25) is 0 Å². The van der Waals surface area contributed by atoms with Crippen molar-refractivity contribution in [2.75, 3.05) is 61.0 Å². The maximum Gasteiger partial charge on any atom is 0.280 e. The average molecular weight is 523 g/mol. The van der Waals surface area contributed by atoms with Crippen LogP contribution in [0, 0.1) is 6.92 Å². The van der Waals surface area contributed by atoms with Crippen molar-refractivity contribution in [1.29, 1.82) is 0 Å². The number of carbonyl (C=O) groups excluding carboxylic acids is 1. The molecule has 0 radical (unpaired) electrons. The smallest absolute Gasteiger partial charge is 0.280 e. The summed E-state index contributed by atoms with van der Waals surface area (Å²) < 4.78 is 9.60. The molecule has 0 N–H and O–H groups in total. The Morgan fingerprint density at radius 3 is 2.49 bits per heavy atom. The van der Waals surface area contributed by atoms with Crippen molar-refractivity contribution in [2.24, 2.45) is 0 Å².